The molecule has 5 heteroatoms. The Labute approximate surface area is 115 Å². The van der Waals surface area contributed by atoms with Crippen LogP contribution in [0.4, 0.5) is 0 Å². The first kappa shape index (κ1) is 13.7. The maximum atomic E-state index is 11.0. The number of hydrogen-bond acceptors (Lipinski definition) is 4. The summed E-state index contributed by atoms with van der Waals surface area (Å²) in [7, 11) is 0. The van der Waals surface area contributed by atoms with E-state index < -0.39 is 5.97 Å². The standard InChI is InChI=1S/C15H13NO4/c1-10(17)8-11-2-5-13(6-3-11)20-14-7-4-12(9-16-14)15(18)19/h2-7,9H,8H2,1H3,(H,18,19). The number of benzene rings is 1. The summed E-state index contributed by atoms with van der Waals surface area (Å²) in [4.78, 5) is 25.6. The monoisotopic (exact) mass is 271 g/mol. The minimum absolute atomic E-state index is 0.101. The Balaban J connectivity index is 2.06. The number of ether oxygens (including phenoxy) is 1. The van der Waals surface area contributed by atoms with Crippen molar-refractivity contribution in [3.63, 3.8) is 0 Å². The van der Waals surface area contributed by atoms with Crippen LogP contribution in [0.25, 0.3) is 0 Å². The van der Waals surface area contributed by atoms with Gasteiger partial charge in [0, 0.05) is 18.7 Å². The molecule has 1 aromatic carbocycles. The molecule has 0 spiro atoms. The molecule has 0 radical (unpaired) electrons. The van der Waals surface area contributed by atoms with Crippen LogP contribution >= 0.6 is 0 Å². The van der Waals surface area contributed by atoms with Crippen molar-refractivity contribution in [2.75, 3.05) is 0 Å². The molecule has 0 aliphatic carbocycles. The highest BCUT2D eigenvalue weighted by atomic mass is 16.5. The first-order chi connectivity index (χ1) is 9.54. The van der Waals surface area contributed by atoms with Crippen molar-refractivity contribution in [2.24, 2.45) is 0 Å². The third-order valence-corrected chi connectivity index (χ3v) is 2.58. The molecule has 1 heterocycles. The molecule has 1 N–H and O–H groups in total. The lowest BCUT2D eigenvalue weighted by Gasteiger charge is -2.05. The zero-order valence-corrected chi connectivity index (χ0v) is 10.9. The lowest BCUT2D eigenvalue weighted by Crippen LogP contribution is -1.98. The van der Waals surface area contributed by atoms with E-state index >= 15 is 0 Å². The largest absolute Gasteiger partial charge is 0.478 e. The van der Waals surface area contributed by atoms with Gasteiger partial charge in [0.1, 0.15) is 11.5 Å². The van der Waals surface area contributed by atoms with Gasteiger partial charge in [-0.2, -0.15) is 0 Å². The molecule has 2 aromatic rings. The van der Waals surface area contributed by atoms with Gasteiger partial charge in [0.05, 0.1) is 5.56 Å². The Morgan fingerprint density at radius 1 is 1.15 bits per heavy atom. The zero-order valence-electron chi connectivity index (χ0n) is 10.9. The molecular formula is C15H13NO4. The first-order valence-electron chi connectivity index (χ1n) is 6.00. The highest BCUT2D eigenvalue weighted by molar-refractivity contribution is 5.87. The number of nitrogens with zero attached hydrogens (tertiary/aromatic N) is 1. The highest BCUT2D eigenvalue weighted by Gasteiger charge is 2.04. The summed E-state index contributed by atoms with van der Waals surface area (Å²) in [5, 5.41) is 8.76. The predicted molar refractivity (Wildman–Crippen MR) is 72.1 cm³/mol. The van der Waals surface area contributed by atoms with Crippen LogP contribution in [0.3, 0.4) is 0 Å². The Morgan fingerprint density at radius 2 is 1.85 bits per heavy atom. The van der Waals surface area contributed by atoms with E-state index in [1.165, 1.54) is 18.3 Å². The molecule has 0 fully saturated rings. The summed E-state index contributed by atoms with van der Waals surface area (Å²) in [5.74, 6) is -0.0376. The molecule has 0 amide bonds. The fourth-order valence-corrected chi connectivity index (χ4v) is 1.65. The van der Waals surface area contributed by atoms with E-state index in [2.05, 4.69) is 4.98 Å². The smallest absolute Gasteiger partial charge is 0.337 e. The summed E-state index contributed by atoms with van der Waals surface area (Å²) in [6, 6.07) is 10.0. The van der Waals surface area contributed by atoms with Crippen LogP contribution in [0.2, 0.25) is 0 Å². The average Bonchev–Trinajstić information content (AvgIpc) is 2.41. The van der Waals surface area contributed by atoms with Crippen LogP contribution < -0.4 is 4.74 Å². The predicted octanol–water partition coefficient (Wildman–Crippen LogP) is 2.70. The Hall–Kier alpha value is -2.69. The number of carboxylic acid groups (broad SMARTS) is 1. The summed E-state index contributed by atoms with van der Waals surface area (Å²) in [6.45, 7) is 1.54. The van der Waals surface area contributed by atoms with Gasteiger partial charge in [-0.1, -0.05) is 12.1 Å². The number of rotatable bonds is 5. The fourth-order valence-electron chi connectivity index (χ4n) is 1.65. The SMILES string of the molecule is CC(=O)Cc1ccc(Oc2ccc(C(=O)O)cn2)cc1. The fraction of sp³-hybridized carbons (Fsp3) is 0.133. The highest BCUT2D eigenvalue weighted by Crippen LogP contribution is 2.20. The summed E-state index contributed by atoms with van der Waals surface area (Å²) < 4.78 is 5.48. The number of aromatic carboxylic acids is 1. The second kappa shape index (κ2) is 5.97. The molecule has 20 heavy (non-hydrogen) atoms. The van der Waals surface area contributed by atoms with Crippen LogP contribution in [0.15, 0.2) is 42.6 Å². The van der Waals surface area contributed by atoms with Gasteiger partial charge < -0.3 is 9.84 Å². The number of ketones is 1. The van der Waals surface area contributed by atoms with Crippen LogP contribution in [0.1, 0.15) is 22.8 Å². The van der Waals surface area contributed by atoms with E-state index in [1.807, 2.05) is 12.1 Å². The number of Topliss-reactive ketones (excluding diaryl/α,β-unsaturated/α-hetero) is 1. The molecule has 0 unspecified atom stereocenters. The van der Waals surface area contributed by atoms with Gasteiger partial charge in [-0.15, -0.1) is 0 Å². The van der Waals surface area contributed by atoms with Crippen LogP contribution in [0, 0.1) is 0 Å². The van der Waals surface area contributed by atoms with E-state index in [4.69, 9.17) is 9.84 Å². The number of pyridine rings is 1. The van der Waals surface area contributed by atoms with E-state index in [0.717, 1.165) is 5.56 Å². The van der Waals surface area contributed by atoms with Crippen molar-refractivity contribution in [3.05, 3.63) is 53.7 Å². The normalized spacial score (nSPS) is 10.1. The van der Waals surface area contributed by atoms with Gasteiger partial charge in [0.15, 0.2) is 0 Å². The second-order valence-corrected chi connectivity index (χ2v) is 4.32. The molecule has 0 saturated heterocycles. The quantitative estimate of drug-likeness (QED) is 0.904. The van der Waals surface area contributed by atoms with Gasteiger partial charge in [0.2, 0.25) is 5.88 Å². The van der Waals surface area contributed by atoms with E-state index in [1.54, 1.807) is 19.1 Å². The van der Waals surface area contributed by atoms with E-state index in [9.17, 15) is 9.59 Å². The minimum atomic E-state index is -1.03. The molecular weight excluding hydrogens is 258 g/mol. The summed E-state index contributed by atoms with van der Waals surface area (Å²) in [6.07, 6.45) is 1.63. The number of carbonyl (C=O) groups is 2. The number of carboxylic acids is 1. The van der Waals surface area contributed by atoms with Crippen LogP contribution in [-0.4, -0.2) is 21.8 Å². The third-order valence-electron chi connectivity index (χ3n) is 2.58. The van der Waals surface area contributed by atoms with Crippen LogP contribution in [0.5, 0.6) is 11.6 Å². The Morgan fingerprint density at radius 3 is 2.35 bits per heavy atom. The van der Waals surface area contributed by atoms with Crippen molar-refractivity contribution in [2.45, 2.75) is 13.3 Å². The maximum absolute atomic E-state index is 11.0. The molecule has 0 bridgehead atoms. The van der Waals surface area contributed by atoms with Gasteiger partial charge in [-0.05, 0) is 30.7 Å². The molecule has 0 saturated carbocycles. The van der Waals surface area contributed by atoms with Crippen molar-refractivity contribution >= 4 is 11.8 Å². The van der Waals surface area contributed by atoms with Crippen molar-refractivity contribution < 1.29 is 19.4 Å². The third kappa shape index (κ3) is 3.65. The summed E-state index contributed by atoms with van der Waals surface area (Å²) >= 11 is 0. The van der Waals surface area contributed by atoms with Gasteiger partial charge in [-0.25, -0.2) is 9.78 Å². The molecule has 0 aliphatic heterocycles. The van der Waals surface area contributed by atoms with Gasteiger partial charge in [-0.3, -0.25) is 4.79 Å². The van der Waals surface area contributed by atoms with Crippen molar-refractivity contribution in [1.82, 2.24) is 4.98 Å². The lowest BCUT2D eigenvalue weighted by atomic mass is 10.1. The lowest BCUT2D eigenvalue weighted by molar-refractivity contribution is -0.116. The molecule has 1 aromatic heterocycles. The minimum Gasteiger partial charge on any atom is -0.478 e. The number of hydrogen-bond donors (Lipinski definition) is 1. The molecule has 2 rings (SSSR count). The zero-order chi connectivity index (χ0) is 14.5. The summed E-state index contributed by atoms with van der Waals surface area (Å²) in [5.41, 5.74) is 1.02. The van der Waals surface area contributed by atoms with Gasteiger partial charge in [0.25, 0.3) is 0 Å². The van der Waals surface area contributed by atoms with Crippen LogP contribution in [-0.2, 0) is 11.2 Å². The first-order valence-corrected chi connectivity index (χ1v) is 6.00. The Bertz CT molecular complexity index is 617. The van der Waals surface area contributed by atoms with E-state index in [0.29, 0.717) is 18.1 Å². The second-order valence-electron chi connectivity index (χ2n) is 4.32. The molecule has 5 nitrogen and oxygen atoms in total. The van der Waals surface area contributed by atoms with Gasteiger partial charge >= 0.3 is 5.97 Å². The van der Waals surface area contributed by atoms with Crippen molar-refractivity contribution in [3.8, 4) is 11.6 Å². The van der Waals surface area contributed by atoms with E-state index in [-0.39, 0.29) is 11.3 Å². The number of carbonyl (C=O) groups excluding carboxylic acids is 1. The maximum Gasteiger partial charge on any atom is 0.337 e. The Kier molecular flexibility index (Phi) is 4.10. The topological polar surface area (TPSA) is 76.5 Å². The average molecular weight is 271 g/mol. The van der Waals surface area contributed by atoms with Crippen molar-refractivity contribution in [1.29, 1.82) is 0 Å². The molecule has 0 aliphatic rings. The molecule has 0 atom stereocenters. The molecule has 102 valence electrons. The number of aromatic nitrogens is 1.